The molecule has 26 heavy (non-hydrogen) atoms. The second-order valence-electron chi connectivity index (χ2n) is 6.49. The molecule has 0 aliphatic carbocycles. The van der Waals surface area contributed by atoms with Crippen LogP contribution in [0.2, 0.25) is 5.02 Å². The minimum Gasteiger partial charge on any atom is -0.308 e. The fourth-order valence-electron chi connectivity index (χ4n) is 3.46. The van der Waals surface area contributed by atoms with Crippen LogP contribution in [-0.4, -0.2) is 15.9 Å². The van der Waals surface area contributed by atoms with E-state index in [4.69, 9.17) is 11.6 Å². The van der Waals surface area contributed by atoms with Gasteiger partial charge in [0.1, 0.15) is 6.33 Å². The summed E-state index contributed by atoms with van der Waals surface area (Å²) in [5.41, 5.74) is 6.54. The number of anilines is 1. The third kappa shape index (κ3) is 3.20. The van der Waals surface area contributed by atoms with Crippen LogP contribution >= 0.6 is 11.6 Å². The molecule has 4 nitrogen and oxygen atoms in total. The fourth-order valence-corrected chi connectivity index (χ4v) is 3.66. The van der Waals surface area contributed by atoms with Crippen molar-refractivity contribution >= 4 is 23.2 Å². The quantitative estimate of drug-likeness (QED) is 0.641. The van der Waals surface area contributed by atoms with Crippen molar-refractivity contribution in [3.05, 3.63) is 76.8 Å². The lowest BCUT2D eigenvalue weighted by Gasteiger charge is -2.28. The standard InChI is InChI=1S/C21H18ClN3O/c1-14(26)25-12-18-5-3-16(19-10-23-13-24-11-19)8-15(18)2-4-17-9-20(22)6-7-21(17)25/h3,5-11,13H,2,4,12H2,1H3. The van der Waals surface area contributed by atoms with Crippen molar-refractivity contribution in [2.75, 3.05) is 4.90 Å². The topological polar surface area (TPSA) is 46.1 Å². The van der Waals surface area contributed by atoms with Gasteiger partial charge in [0.15, 0.2) is 0 Å². The first-order chi connectivity index (χ1) is 12.6. The van der Waals surface area contributed by atoms with Crippen LogP contribution in [0.1, 0.15) is 23.6 Å². The van der Waals surface area contributed by atoms with Crippen LogP contribution in [0.3, 0.4) is 0 Å². The zero-order valence-electron chi connectivity index (χ0n) is 14.4. The van der Waals surface area contributed by atoms with Gasteiger partial charge in [-0.2, -0.15) is 0 Å². The molecule has 0 atom stereocenters. The molecule has 0 saturated carbocycles. The van der Waals surface area contributed by atoms with Gasteiger partial charge in [-0.25, -0.2) is 9.97 Å². The van der Waals surface area contributed by atoms with Crippen LogP contribution in [0, 0.1) is 0 Å². The summed E-state index contributed by atoms with van der Waals surface area (Å²) >= 11 is 6.19. The van der Waals surface area contributed by atoms with Gasteiger partial charge in [-0.3, -0.25) is 4.79 Å². The summed E-state index contributed by atoms with van der Waals surface area (Å²) in [7, 11) is 0. The molecule has 2 heterocycles. The predicted octanol–water partition coefficient (Wildman–Crippen LogP) is 4.45. The SMILES string of the molecule is CC(=O)N1Cc2ccc(-c3cncnc3)cc2CCc2cc(Cl)ccc21. The number of aromatic nitrogens is 2. The van der Waals surface area contributed by atoms with E-state index in [1.165, 1.54) is 17.5 Å². The summed E-state index contributed by atoms with van der Waals surface area (Å²) in [6, 6.07) is 12.1. The Hall–Kier alpha value is -2.72. The van der Waals surface area contributed by atoms with E-state index in [9.17, 15) is 4.79 Å². The van der Waals surface area contributed by atoms with Crippen molar-refractivity contribution in [2.24, 2.45) is 0 Å². The first kappa shape index (κ1) is 16.7. The van der Waals surface area contributed by atoms with Gasteiger partial charge >= 0.3 is 0 Å². The fraction of sp³-hybridized carbons (Fsp3) is 0.190. The van der Waals surface area contributed by atoms with E-state index in [1.807, 2.05) is 35.5 Å². The summed E-state index contributed by atoms with van der Waals surface area (Å²) in [6.07, 6.45) is 6.89. The summed E-state index contributed by atoms with van der Waals surface area (Å²) in [5, 5.41) is 0.697. The van der Waals surface area contributed by atoms with Gasteiger partial charge in [-0.1, -0.05) is 29.8 Å². The van der Waals surface area contributed by atoms with Gasteiger partial charge in [-0.05, 0) is 53.3 Å². The summed E-state index contributed by atoms with van der Waals surface area (Å²) in [6.45, 7) is 2.17. The molecule has 0 bridgehead atoms. The third-order valence-electron chi connectivity index (χ3n) is 4.80. The highest BCUT2D eigenvalue weighted by atomic mass is 35.5. The second kappa shape index (κ2) is 6.89. The molecule has 0 saturated heterocycles. The van der Waals surface area contributed by atoms with E-state index in [0.717, 1.165) is 35.2 Å². The Morgan fingerprint density at radius 2 is 1.73 bits per heavy atom. The largest absolute Gasteiger partial charge is 0.308 e. The van der Waals surface area contributed by atoms with Gasteiger partial charge in [0.25, 0.3) is 0 Å². The van der Waals surface area contributed by atoms with Crippen molar-refractivity contribution in [2.45, 2.75) is 26.3 Å². The van der Waals surface area contributed by atoms with Crippen molar-refractivity contribution in [1.82, 2.24) is 9.97 Å². The molecule has 1 aliphatic heterocycles. The second-order valence-corrected chi connectivity index (χ2v) is 6.93. The van der Waals surface area contributed by atoms with Gasteiger partial charge in [0, 0.05) is 35.6 Å². The monoisotopic (exact) mass is 363 g/mol. The van der Waals surface area contributed by atoms with Crippen molar-refractivity contribution < 1.29 is 4.79 Å². The molecule has 3 aromatic rings. The van der Waals surface area contributed by atoms with Gasteiger partial charge in [-0.15, -0.1) is 0 Å². The van der Waals surface area contributed by atoms with Gasteiger partial charge in [0.05, 0.1) is 6.54 Å². The lowest BCUT2D eigenvalue weighted by atomic mass is 9.93. The molecule has 0 spiro atoms. The Labute approximate surface area is 157 Å². The molecule has 0 N–H and O–H groups in total. The van der Waals surface area contributed by atoms with E-state index >= 15 is 0 Å². The minimum absolute atomic E-state index is 0.0296. The van der Waals surface area contributed by atoms with Crippen molar-refractivity contribution in [3.8, 4) is 11.1 Å². The highest BCUT2D eigenvalue weighted by molar-refractivity contribution is 6.30. The number of benzene rings is 2. The zero-order valence-corrected chi connectivity index (χ0v) is 15.2. The number of carbonyl (C=O) groups excluding carboxylic acids is 1. The van der Waals surface area contributed by atoms with Crippen LogP contribution in [0.15, 0.2) is 55.1 Å². The average molecular weight is 364 g/mol. The number of nitrogens with zero attached hydrogens (tertiary/aromatic N) is 3. The number of rotatable bonds is 1. The molecule has 4 rings (SSSR count). The Bertz CT molecular complexity index is 972. The first-order valence-corrected chi connectivity index (χ1v) is 8.93. The molecule has 0 fully saturated rings. The Kier molecular flexibility index (Phi) is 4.43. The average Bonchev–Trinajstić information content (AvgIpc) is 2.64. The maximum absolute atomic E-state index is 12.3. The summed E-state index contributed by atoms with van der Waals surface area (Å²) in [5.74, 6) is 0.0296. The van der Waals surface area contributed by atoms with Gasteiger partial charge < -0.3 is 4.90 Å². The molecule has 0 radical (unpaired) electrons. The molecule has 1 aliphatic rings. The highest BCUT2D eigenvalue weighted by Crippen LogP contribution is 2.32. The molecular formula is C21H18ClN3O. The molecule has 130 valence electrons. The Morgan fingerprint density at radius 3 is 2.50 bits per heavy atom. The lowest BCUT2D eigenvalue weighted by Crippen LogP contribution is -2.30. The number of carbonyl (C=O) groups is 1. The van der Waals surface area contributed by atoms with E-state index in [1.54, 1.807) is 6.92 Å². The lowest BCUT2D eigenvalue weighted by molar-refractivity contribution is -0.116. The van der Waals surface area contributed by atoms with Crippen LogP contribution in [0.5, 0.6) is 0 Å². The molecule has 1 amide bonds. The van der Waals surface area contributed by atoms with Crippen molar-refractivity contribution in [1.29, 1.82) is 0 Å². The number of hydrogen-bond donors (Lipinski definition) is 0. The number of aryl methyl sites for hydroxylation is 2. The van der Waals surface area contributed by atoms with E-state index in [2.05, 4.69) is 28.2 Å². The first-order valence-electron chi connectivity index (χ1n) is 8.55. The van der Waals surface area contributed by atoms with E-state index in [-0.39, 0.29) is 5.91 Å². The van der Waals surface area contributed by atoms with Crippen LogP contribution < -0.4 is 4.90 Å². The van der Waals surface area contributed by atoms with Crippen LogP contribution in [-0.2, 0) is 24.2 Å². The van der Waals surface area contributed by atoms with E-state index < -0.39 is 0 Å². The Balaban J connectivity index is 1.77. The molecule has 5 heteroatoms. The third-order valence-corrected chi connectivity index (χ3v) is 5.04. The zero-order chi connectivity index (χ0) is 18.1. The van der Waals surface area contributed by atoms with Crippen LogP contribution in [0.25, 0.3) is 11.1 Å². The normalized spacial score (nSPS) is 13.4. The maximum atomic E-state index is 12.3. The number of hydrogen-bond acceptors (Lipinski definition) is 3. The molecule has 0 unspecified atom stereocenters. The summed E-state index contributed by atoms with van der Waals surface area (Å²) < 4.78 is 0. The summed E-state index contributed by atoms with van der Waals surface area (Å²) in [4.78, 5) is 22.3. The van der Waals surface area contributed by atoms with Gasteiger partial charge in [0.2, 0.25) is 5.91 Å². The predicted molar refractivity (Wildman–Crippen MR) is 103 cm³/mol. The maximum Gasteiger partial charge on any atom is 0.224 e. The van der Waals surface area contributed by atoms with Crippen LogP contribution in [0.4, 0.5) is 5.69 Å². The minimum atomic E-state index is 0.0296. The smallest absolute Gasteiger partial charge is 0.224 e. The Morgan fingerprint density at radius 1 is 0.962 bits per heavy atom. The number of fused-ring (bicyclic) bond motifs is 2. The highest BCUT2D eigenvalue weighted by Gasteiger charge is 2.21. The van der Waals surface area contributed by atoms with Crippen molar-refractivity contribution in [3.63, 3.8) is 0 Å². The van der Waals surface area contributed by atoms with E-state index in [0.29, 0.717) is 11.6 Å². The number of amides is 1. The molecular weight excluding hydrogens is 346 g/mol. The molecule has 2 aromatic carbocycles. The molecule has 1 aromatic heterocycles. The number of halogens is 1.